The van der Waals surface area contributed by atoms with Gasteiger partial charge >= 0.3 is 0 Å². The Hall–Kier alpha value is -1.32. The van der Waals surface area contributed by atoms with Gasteiger partial charge in [-0.05, 0) is 33.1 Å². The highest BCUT2D eigenvalue weighted by Crippen LogP contribution is 2.19. The van der Waals surface area contributed by atoms with E-state index in [-0.39, 0.29) is 0 Å². The van der Waals surface area contributed by atoms with Gasteiger partial charge in [-0.15, -0.1) is 0 Å². The molecule has 1 aliphatic heterocycles. The van der Waals surface area contributed by atoms with Crippen LogP contribution < -0.4 is 10.2 Å². The summed E-state index contributed by atoms with van der Waals surface area (Å²) >= 11 is 0. The van der Waals surface area contributed by atoms with Gasteiger partial charge in [-0.1, -0.05) is 0 Å². The molecule has 0 saturated carbocycles. The first-order chi connectivity index (χ1) is 7.75. The lowest BCUT2D eigenvalue weighted by Crippen LogP contribution is -2.30. The number of rotatable bonds is 3. The second kappa shape index (κ2) is 5.14. The van der Waals surface area contributed by atoms with Crippen molar-refractivity contribution in [2.24, 2.45) is 0 Å². The lowest BCUT2D eigenvalue weighted by Gasteiger charge is -2.27. The average Bonchev–Trinajstić information content (AvgIpc) is 2.30. The zero-order valence-corrected chi connectivity index (χ0v) is 10.1. The fourth-order valence-electron chi connectivity index (χ4n) is 2.02. The van der Waals surface area contributed by atoms with Gasteiger partial charge in [0.15, 0.2) is 0 Å². The molecule has 1 aromatic heterocycles. The zero-order chi connectivity index (χ0) is 11.4. The van der Waals surface area contributed by atoms with Crippen molar-refractivity contribution in [1.29, 1.82) is 0 Å². The summed E-state index contributed by atoms with van der Waals surface area (Å²) in [7, 11) is 0. The van der Waals surface area contributed by atoms with Gasteiger partial charge in [0.2, 0.25) is 0 Å². The van der Waals surface area contributed by atoms with Gasteiger partial charge in [0.05, 0.1) is 0 Å². The van der Waals surface area contributed by atoms with Crippen LogP contribution in [0.2, 0.25) is 0 Å². The number of anilines is 2. The summed E-state index contributed by atoms with van der Waals surface area (Å²) in [5.74, 6) is 1.98. The lowest BCUT2D eigenvalue weighted by molar-refractivity contribution is 0.573. The molecule has 0 atom stereocenters. The van der Waals surface area contributed by atoms with E-state index < -0.39 is 0 Å². The summed E-state index contributed by atoms with van der Waals surface area (Å²) < 4.78 is 0. The number of nitrogens with one attached hydrogen (secondary N) is 1. The zero-order valence-electron chi connectivity index (χ0n) is 10.1. The molecule has 2 rings (SSSR count). The SMILES string of the molecule is CC(C)Nc1cc(N2CCCCC2)ncn1. The van der Waals surface area contributed by atoms with Gasteiger partial charge in [0.25, 0.3) is 0 Å². The molecule has 1 aliphatic rings. The summed E-state index contributed by atoms with van der Waals surface area (Å²) in [6.07, 6.45) is 5.54. The summed E-state index contributed by atoms with van der Waals surface area (Å²) in [6, 6.07) is 2.45. The van der Waals surface area contributed by atoms with Gasteiger partial charge in [0.1, 0.15) is 18.0 Å². The van der Waals surface area contributed by atoms with Gasteiger partial charge in [-0.3, -0.25) is 0 Å². The second-order valence-electron chi connectivity index (χ2n) is 4.61. The average molecular weight is 220 g/mol. The van der Waals surface area contributed by atoms with Gasteiger partial charge in [0, 0.05) is 25.2 Å². The summed E-state index contributed by atoms with van der Waals surface area (Å²) in [5, 5.41) is 3.31. The van der Waals surface area contributed by atoms with E-state index in [1.165, 1.54) is 19.3 Å². The highest BCUT2D eigenvalue weighted by atomic mass is 15.2. The van der Waals surface area contributed by atoms with Crippen LogP contribution in [-0.2, 0) is 0 Å². The Morgan fingerprint density at radius 2 is 1.94 bits per heavy atom. The van der Waals surface area contributed by atoms with Crippen LogP contribution in [0.4, 0.5) is 11.6 Å². The third-order valence-electron chi connectivity index (χ3n) is 2.77. The lowest BCUT2D eigenvalue weighted by atomic mass is 10.1. The maximum Gasteiger partial charge on any atom is 0.134 e. The maximum atomic E-state index is 4.35. The quantitative estimate of drug-likeness (QED) is 0.848. The van der Waals surface area contributed by atoms with E-state index >= 15 is 0 Å². The predicted octanol–water partition coefficient (Wildman–Crippen LogP) is 2.29. The Balaban J connectivity index is 2.08. The Morgan fingerprint density at radius 1 is 1.19 bits per heavy atom. The third-order valence-corrected chi connectivity index (χ3v) is 2.77. The van der Waals surface area contributed by atoms with Crippen LogP contribution >= 0.6 is 0 Å². The van der Waals surface area contributed by atoms with Crippen molar-refractivity contribution in [1.82, 2.24) is 9.97 Å². The number of hydrogen-bond donors (Lipinski definition) is 1. The molecule has 2 heterocycles. The molecule has 4 nitrogen and oxygen atoms in total. The first-order valence-corrected chi connectivity index (χ1v) is 6.09. The highest BCUT2D eigenvalue weighted by Gasteiger charge is 2.12. The van der Waals surface area contributed by atoms with E-state index in [4.69, 9.17) is 0 Å². The summed E-state index contributed by atoms with van der Waals surface area (Å²) in [5.41, 5.74) is 0. The van der Waals surface area contributed by atoms with E-state index in [2.05, 4.69) is 34.0 Å². The molecule has 0 spiro atoms. The normalized spacial score (nSPS) is 16.6. The van der Waals surface area contributed by atoms with Crippen molar-refractivity contribution in [2.45, 2.75) is 39.2 Å². The first-order valence-electron chi connectivity index (χ1n) is 6.09. The topological polar surface area (TPSA) is 41.0 Å². The highest BCUT2D eigenvalue weighted by molar-refractivity contribution is 5.48. The number of hydrogen-bond acceptors (Lipinski definition) is 4. The smallest absolute Gasteiger partial charge is 0.134 e. The Kier molecular flexibility index (Phi) is 3.59. The molecule has 1 saturated heterocycles. The van der Waals surface area contributed by atoms with Crippen molar-refractivity contribution in [2.75, 3.05) is 23.3 Å². The van der Waals surface area contributed by atoms with E-state index in [1.807, 2.05) is 6.07 Å². The van der Waals surface area contributed by atoms with Gasteiger partial charge < -0.3 is 10.2 Å². The molecule has 1 N–H and O–H groups in total. The molecule has 88 valence electrons. The molecule has 0 aliphatic carbocycles. The monoisotopic (exact) mass is 220 g/mol. The Bertz CT molecular complexity index is 332. The molecule has 0 amide bonds. The maximum absolute atomic E-state index is 4.35. The number of piperidine rings is 1. The Labute approximate surface area is 97.1 Å². The molecule has 0 unspecified atom stereocenters. The van der Waals surface area contributed by atoms with Crippen LogP contribution in [0.25, 0.3) is 0 Å². The molecular weight excluding hydrogens is 200 g/mol. The van der Waals surface area contributed by atoms with Crippen molar-refractivity contribution < 1.29 is 0 Å². The van der Waals surface area contributed by atoms with Crippen molar-refractivity contribution >= 4 is 11.6 Å². The Morgan fingerprint density at radius 3 is 2.62 bits per heavy atom. The number of aromatic nitrogens is 2. The minimum absolute atomic E-state index is 0.407. The van der Waals surface area contributed by atoms with Gasteiger partial charge in [-0.2, -0.15) is 0 Å². The summed E-state index contributed by atoms with van der Waals surface area (Å²) in [4.78, 5) is 10.9. The minimum atomic E-state index is 0.407. The minimum Gasteiger partial charge on any atom is -0.368 e. The molecule has 4 heteroatoms. The summed E-state index contributed by atoms with van der Waals surface area (Å²) in [6.45, 7) is 6.47. The number of nitrogens with zero attached hydrogens (tertiary/aromatic N) is 3. The van der Waals surface area contributed by atoms with E-state index in [0.29, 0.717) is 6.04 Å². The van der Waals surface area contributed by atoms with Crippen LogP contribution in [0.3, 0.4) is 0 Å². The molecule has 16 heavy (non-hydrogen) atoms. The largest absolute Gasteiger partial charge is 0.368 e. The molecule has 1 fully saturated rings. The van der Waals surface area contributed by atoms with E-state index in [9.17, 15) is 0 Å². The molecule has 1 aromatic rings. The van der Waals surface area contributed by atoms with Crippen LogP contribution in [0.15, 0.2) is 12.4 Å². The first kappa shape index (κ1) is 11.2. The predicted molar refractivity (Wildman–Crippen MR) is 66.9 cm³/mol. The van der Waals surface area contributed by atoms with Crippen LogP contribution in [-0.4, -0.2) is 29.1 Å². The molecule has 0 aromatic carbocycles. The molecule has 0 radical (unpaired) electrons. The third kappa shape index (κ3) is 2.84. The van der Waals surface area contributed by atoms with Crippen molar-refractivity contribution in [3.63, 3.8) is 0 Å². The van der Waals surface area contributed by atoms with Gasteiger partial charge in [-0.25, -0.2) is 9.97 Å². The van der Waals surface area contributed by atoms with Crippen LogP contribution in [0, 0.1) is 0 Å². The molecule has 0 bridgehead atoms. The fraction of sp³-hybridized carbons (Fsp3) is 0.667. The molecular formula is C12H20N4. The van der Waals surface area contributed by atoms with Crippen molar-refractivity contribution in [3.05, 3.63) is 12.4 Å². The van der Waals surface area contributed by atoms with Crippen molar-refractivity contribution in [3.8, 4) is 0 Å². The van der Waals surface area contributed by atoms with E-state index in [1.54, 1.807) is 6.33 Å². The van der Waals surface area contributed by atoms with Crippen LogP contribution in [0.5, 0.6) is 0 Å². The second-order valence-corrected chi connectivity index (χ2v) is 4.61. The standard InChI is InChI=1S/C12H20N4/c1-10(2)15-11-8-12(14-9-13-11)16-6-4-3-5-7-16/h8-10H,3-7H2,1-2H3,(H,13,14,15). The van der Waals surface area contributed by atoms with E-state index in [0.717, 1.165) is 24.7 Å². The fourth-order valence-corrected chi connectivity index (χ4v) is 2.02. The van der Waals surface area contributed by atoms with Crippen LogP contribution in [0.1, 0.15) is 33.1 Å².